The predicted molar refractivity (Wildman–Crippen MR) is 114 cm³/mol. The number of ether oxygens (including phenoxy) is 1. The number of carbonyl (C=O) groups is 1. The van der Waals surface area contributed by atoms with E-state index in [0.717, 1.165) is 22.8 Å². The first-order valence-corrected chi connectivity index (χ1v) is 11.0. The summed E-state index contributed by atoms with van der Waals surface area (Å²) in [5, 5.41) is 11.5. The molecule has 0 amide bonds. The van der Waals surface area contributed by atoms with Gasteiger partial charge in [-0.25, -0.2) is 8.42 Å². The van der Waals surface area contributed by atoms with E-state index in [-0.39, 0.29) is 29.5 Å². The van der Waals surface area contributed by atoms with E-state index < -0.39 is 27.2 Å². The summed E-state index contributed by atoms with van der Waals surface area (Å²) < 4.78 is 31.9. The molecular formula is C21H26N2O6S. The Labute approximate surface area is 176 Å². The summed E-state index contributed by atoms with van der Waals surface area (Å²) in [7, 11) is -3.86. The molecule has 162 valence electrons. The normalized spacial score (nSPS) is 11.5. The highest BCUT2D eigenvalue weighted by Crippen LogP contribution is 2.31. The summed E-state index contributed by atoms with van der Waals surface area (Å²) in [6.45, 7) is 9.13. The minimum Gasteiger partial charge on any atom is -0.478 e. The molecule has 0 atom stereocenters. The van der Waals surface area contributed by atoms with E-state index in [1.165, 1.54) is 16.4 Å². The molecule has 9 heteroatoms. The highest BCUT2D eigenvalue weighted by molar-refractivity contribution is 7.89. The Morgan fingerprint density at radius 1 is 1.03 bits per heavy atom. The fourth-order valence-corrected chi connectivity index (χ4v) is 4.60. The van der Waals surface area contributed by atoms with Crippen molar-refractivity contribution in [3.05, 3.63) is 62.7 Å². The van der Waals surface area contributed by atoms with E-state index in [0.29, 0.717) is 5.56 Å². The average Bonchev–Trinajstić information content (AvgIpc) is 2.69. The molecule has 0 aromatic heterocycles. The first-order chi connectivity index (χ1) is 14.0. The maximum Gasteiger partial charge on any atom is 0.312 e. The quantitative estimate of drug-likeness (QED) is 0.337. The molecule has 8 nitrogen and oxygen atoms in total. The van der Waals surface area contributed by atoms with Crippen LogP contribution in [0.2, 0.25) is 0 Å². The van der Waals surface area contributed by atoms with Gasteiger partial charge in [-0.3, -0.25) is 14.9 Å². The van der Waals surface area contributed by atoms with Crippen molar-refractivity contribution in [3.63, 3.8) is 0 Å². The van der Waals surface area contributed by atoms with Crippen molar-refractivity contribution in [1.82, 2.24) is 4.31 Å². The fraction of sp³-hybridized carbons (Fsp3) is 0.381. The van der Waals surface area contributed by atoms with Gasteiger partial charge >= 0.3 is 5.69 Å². The Morgan fingerprint density at radius 2 is 1.63 bits per heavy atom. The minimum atomic E-state index is -3.86. The van der Waals surface area contributed by atoms with E-state index in [2.05, 4.69) is 0 Å². The van der Waals surface area contributed by atoms with Crippen LogP contribution in [0.15, 0.2) is 35.2 Å². The molecule has 0 heterocycles. The Kier molecular flexibility index (Phi) is 7.33. The number of hydrogen-bond acceptors (Lipinski definition) is 6. The molecule has 0 saturated carbocycles. The molecule has 2 rings (SSSR count). The number of hydrogen-bond donors (Lipinski definition) is 0. The fourth-order valence-electron chi connectivity index (χ4n) is 3.12. The number of carbonyl (C=O) groups excluding carboxylic acids is 1. The van der Waals surface area contributed by atoms with Crippen molar-refractivity contribution >= 4 is 21.5 Å². The third kappa shape index (κ3) is 4.85. The van der Waals surface area contributed by atoms with Gasteiger partial charge in [0.15, 0.2) is 18.1 Å². The summed E-state index contributed by atoms with van der Waals surface area (Å²) in [4.78, 5) is 23.2. The van der Waals surface area contributed by atoms with Crippen LogP contribution in [0.3, 0.4) is 0 Å². The highest BCUT2D eigenvalue weighted by Gasteiger charge is 2.26. The van der Waals surface area contributed by atoms with Crippen LogP contribution in [0.5, 0.6) is 5.75 Å². The lowest BCUT2D eigenvalue weighted by Crippen LogP contribution is -2.30. The zero-order valence-electron chi connectivity index (χ0n) is 17.8. The number of nitro groups is 1. The van der Waals surface area contributed by atoms with Gasteiger partial charge in [-0.05, 0) is 55.7 Å². The zero-order valence-corrected chi connectivity index (χ0v) is 18.6. The molecule has 0 radical (unpaired) electrons. The number of Topliss-reactive ketones (excluding diaryl/α,β-unsaturated/α-hetero) is 1. The van der Waals surface area contributed by atoms with Crippen LogP contribution in [0, 0.1) is 30.9 Å². The second kappa shape index (κ2) is 9.36. The van der Waals surface area contributed by atoms with Gasteiger partial charge in [0.2, 0.25) is 10.0 Å². The lowest BCUT2D eigenvalue weighted by atomic mass is 9.98. The summed E-state index contributed by atoms with van der Waals surface area (Å²) in [5.41, 5.74) is 2.79. The van der Waals surface area contributed by atoms with Crippen LogP contribution >= 0.6 is 0 Å². The average molecular weight is 435 g/mol. The first kappa shape index (κ1) is 23.5. The number of rotatable bonds is 9. The first-order valence-electron chi connectivity index (χ1n) is 9.55. The van der Waals surface area contributed by atoms with E-state index in [1.54, 1.807) is 19.9 Å². The second-order valence-electron chi connectivity index (χ2n) is 6.94. The van der Waals surface area contributed by atoms with Crippen LogP contribution in [0.1, 0.15) is 40.9 Å². The second-order valence-corrected chi connectivity index (χ2v) is 8.88. The third-order valence-corrected chi connectivity index (χ3v) is 7.02. The minimum absolute atomic E-state index is 0.159. The number of sulfonamides is 1. The Balaban J connectivity index is 2.32. The van der Waals surface area contributed by atoms with Gasteiger partial charge in [-0.2, -0.15) is 4.31 Å². The maximum atomic E-state index is 12.6. The van der Waals surface area contributed by atoms with E-state index in [4.69, 9.17) is 4.74 Å². The predicted octanol–water partition coefficient (Wildman–Crippen LogP) is 3.81. The van der Waals surface area contributed by atoms with E-state index in [9.17, 15) is 23.3 Å². The van der Waals surface area contributed by atoms with Crippen molar-refractivity contribution in [1.29, 1.82) is 0 Å². The Hall–Kier alpha value is -2.78. The van der Waals surface area contributed by atoms with Crippen molar-refractivity contribution in [2.75, 3.05) is 19.7 Å². The largest absolute Gasteiger partial charge is 0.478 e. The molecule has 0 unspecified atom stereocenters. The molecule has 0 aliphatic rings. The molecule has 0 aliphatic carbocycles. The van der Waals surface area contributed by atoms with E-state index >= 15 is 0 Å². The summed E-state index contributed by atoms with van der Waals surface area (Å²) in [6.07, 6.45) is 0. The third-order valence-electron chi connectivity index (χ3n) is 4.97. The molecule has 2 aromatic rings. The molecule has 0 spiro atoms. The van der Waals surface area contributed by atoms with Gasteiger partial charge in [0, 0.05) is 24.7 Å². The van der Waals surface area contributed by atoms with Crippen LogP contribution in [0.4, 0.5) is 5.69 Å². The lowest BCUT2D eigenvalue weighted by Gasteiger charge is -2.18. The van der Waals surface area contributed by atoms with Gasteiger partial charge in [0.05, 0.1) is 9.82 Å². The Bertz CT molecular complexity index is 1080. The summed E-state index contributed by atoms with van der Waals surface area (Å²) in [5.74, 6) is -0.474. The van der Waals surface area contributed by atoms with Gasteiger partial charge in [0.1, 0.15) is 0 Å². The topological polar surface area (TPSA) is 107 Å². The van der Waals surface area contributed by atoms with Crippen molar-refractivity contribution in [2.24, 2.45) is 0 Å². The molecule has 0 N–H and O–H groups in total. The smallest absolute Gasteiger partial charge is 0.312 e. The Morgan fingerprint density at radius 3 is 2.20 bits per heavy atom. The van der Waals surface area contributed by atoms with Crippen LogP contribution in [-0.4, -0.2) is 43.1 Å². The van der Waals surface area contributed by atoms with Gasteiger partial charge in [-0.1, -0.05) is 19.9 Å². The van der Waals surface area contributed by atoms with Crippen molar-refractivity contribution < 1.29 is 22.9 Å². The number of aryl methyl sites for hydroxylation is 3. The van der Waals surface area contributed by atoms with Gasteiger partial charge < -0.3 is 4.74 Å². The number of nitrogens with zero attached hydrogens (tertiary/aromatic N) is 2. The highest BCUT2D eigenvalue weighted by atomic mass is 32.2. The summed E-state index contributed by atoms with van der Waals surface area (Å²) in [6, 6.07) is 7.11. The van der Waals surface area contributed by atoms with E-state index in [1.807, 2.05) is 26.8 Å². The van der Waals surface area contributed by atoms with Crippen molar-refractivity contribution in [3.8, 4) is 5.75 Å². The summed E-state index contributed by atoms with van der Waals surface area (Å²) >= 11 is 0. The number of nitro benzene ring substituents is 1. The van der Waals surface area contributed by atoms with Crippen molar-refractivity contribution in [2.45, 2.75) is 39.5 Å². The molecule has 2 aromatic carbocycles. The van der Waals surface area contributed by atoms with Crippen LogP contribution in [0.25, 0.3) is 0 Å². The zero-order chi connectivity index (χ0) is 22.6. The number of benzene rings is 2. The maximum absolute atomic E-state index is 12.6. The molecule has 0 saturated heterocycles. The molecular weight excluding hydrogens is 408 g/mol. The number of ketones is 1. The molecule has 30 heavy (non-hydrogen) atoms. The van der Waals surface area contributed by atoms with Crippen LogP contribution in [-0.2, 0) is 10.0 Å². The SMILES string of the molecule is CCN(CC)S(=O)(=O)c1ccc(OCC(=O)c2cc(C)c(C)cc2C)c([N+](=O)[O-])c1. The lowest BCUT2D eigenvalue weighted by molar-refractivity contribution is -0.386. The van der Waals surface area contributed by atoms with Gasteiger partial charge in [-0.15, -0.1) is 0 Å². The molecule has 0 fully saturated rings. The standard InChI is InChI=1S/C21H26N2O6S/c1-6-22(7-2)30(27,28)17-8-9-21(19(12-17)23(25)26)29-13-20(24)18-11-15(4)14(3)10-16(18)5/h8-12H,6-7,13H2,1-5H3. The molecule has 0 aliphatic heterocycles. The monoisotopic (exact) mass is 434 g/mol. The van der Waals surface area contributed by atoms with Gasteiger partial charge in [0.25, 0.3) is 0 Å². The van der Waals surface area contributed by atoms with Crippen LogP contribution < -0.4 is 4.74 Å². The molecule has 0 bridgehead atoms.